The summed E-state index contributed by atoms with van der Waals surface area (Å²) < 4.78 is 0. The minimum atomic E-state index is -0.300. The molecule has 0 aromatic heterocycles. The summed E-state index contributed by atoms with van der Waals surface area (Å²) in [6, 6.07) is 13.8. The molecule has 7 heteroatoms. The average molecular weight is 485 g/mol. The molecule has 0 atom stereocenters. The van der Waals surface area contributed by atoms with Gasteiger partial charge in [0.1, 0.15) is 0 Å². The van der Waals surface area contributed by atoms with Gasteiger partial charge in [0.2, 0.25) is 0 Å². The van der Waals surface area contributed by atoms with Gasteiger partial charge in [-0.25, -0.2) is 0 Å². The van der Waals surface area contributed by atoms with Crippen LogP contribution in [0, 0.1) is 0 Å². The molecule has 0 saturated carbocycles. The van der Waals surface area contributed by atoms with Gasteiger partial charge in [0.05, 0.1) is 22.3 Å². The number of imide groups is 2. The minimum Gasteiger partial charge on any atom is -0.288 e. The normalized spacial score (nSPS) is 14.2. The van der Waals surface area contributed by atoms with Crippen molar-refractivity contribution in [3.63, 3.8) is 0 Å². The Morgan fingerprint density at radius 1 is 0.613 bits per heavy atom. The summed E-state index contributed by atoms with van der Waals surface area (Å²) >= 11 is 3.42. The monoisotopic (exact) mass is 484 g/mol. The first-order valence-corrected chi connectivity index (χ1v) is 11.6. The van der Waals surface area contributed by atoms with E-state index >= 15 is 0 Å². The van der Waals surface area contributed by atoms with E-state index in [2.05, 4.69) is 21.2 Å². The van der Waals surface area contributed by atoms with E-state index in [-0.39, 0.29) is 23.6 Å². The van der Waals surface area contributed by atoms with E-state index in [0.29, 0.717) is 28.8 Å². The maximum Gasteiger partial charge on any atom is 0.261 e. The number of benzene rings is 2. The molecule has 0 aliphatic carbocycles. The molecule has 2 aliphatic rings. The van der Waals surface area contributed by atoms with Crippen molar-refractivity contribution in [3.8, 4) is 0 Å². The third-order valence-corrected chi connectivity index (χ3v) is 5.85. The fourth-order valence-corrected chi connectivity index (χ4v) is 4.03. The summed E-state index contributed by atoms with van der Waals surface area (Å²) in [7, 11) is 0. The second kappa shape index (κ2) is 11.0. The molecule has 2 aliphatic heterocycles. The number of nitrogens with one attached hydrogen (secondary N) is 1. The molecular weight excluding hydrogens is 460 g/mol. The standard InChI is InChI=1S/C16H20BrNO2.C8H5NO2/c17-11-7-3-1-2-4-8-12-18-15(19)13-9-5-6-10-14(13)16(18)20;10-7-5-3-1-2-4-6(5)8(11)9-7/h5-6,9-10H,1-4,7-8,11-12H2;1-4H,(H,9,10,11). The molecular formula is C24H25BrN2O4. The molecule has 162 valence electrons. The second-order valence-corrected chi connectivity index (χ2v) is 8.24. The molecule has 0 radical (unpaired) electrons. The van der Waals surface area contributed by atoms with Crippen molar-refractivity contribution in [1.82, 2.24) is 10.2 Å². The highest BCUT2D eigenvalue weighted by Crippen LogP contribution is 2.23. The Bertz CT molecular complexity index is 921. The van der Waals surface area contributed by atoms with E-state index in [1.165, 1.54) is 30.6 Å². The van der Waals surface area contributed by atoms with Gasteiger partial charge in [-0.1, -0.05) is 65.9 Å². The predicted molar refractivity (Wildman–Crippen MR) is 122 cm³/mol. The molecule has 0 unspecified atom stereocenters. The number of carbonyl (C=O) groups is 4. The Kier molecular flexibility index (Phi) is 8.12. The van der Waals surface area contributed by atoms with Crippen molar-refractivity contribution in [2.24, 2.45) is 0 Å². The molecule has 1 N–H and O–H groups in total. The molecule has 0 spiro atoms. The summed E-state index contributed by atoms with van der Waals surface area (Å²) in [6.45, 7) is 0.546. The highest BCUT2D eigenvalue weighted by molar-refractivity contribution is 9.09. The number of hydrogen-bond donors (Lipinski definition) is 1. The predicted octanol–water partition coefficient (Wildman–Crippen LogP) is 4.59. The zero-order chi connectivity index (χ0) is 22.2. The highest BCUT2D eigenvalue weighted by Gasteiger charge is 2.34. The molecule has 4 amide bonds. The SMILES string of the molecule is O=C1NC(=O)c2ccccc21.O=C1c2ccccc2C(=O)N1CCCCCCCCBr. The maximum absolute atomic E-state index is 12.1. The summed E-state index contributed by atoms with van der Waals surface area (Å²) in [4.78, 5) is 47.5. The van der Waals surface area contributed by atoms with Crippen LogP contribution >= 0.6 is 15.9 Å². The number of hydrogen-bond acceptors (Lipinski definition) is 4. The number of carbonyl (C=O) groups excluding carboxylic acids is 4. The molecule has 2 aromatic rings. The highest BCUT2D eigenvalue weighted by atomic mass is 79.9. The molecule has 4 rings (SSSR count). The van der Waals surface area contributed by atoms with E-state index in [1.807, 2.05) is 0 Å². The van der Waals surface area contributed by atoms with Gasteiger partial charge >= 0.3 is 0 Å². The first kappa shape index (κ1) is 22.9. The van der Waals surface area contributed by atoms with Crippen molar-refractivity contribution < 1.29 is 19.2 Å². The lowest BCUT2D eigenvalue weighted by molar-refractivity contribution is 0.0650. The summed E-state index contributed by atoms with van der Waals surface area (Å²) in [5.41, 5.74) is 2.04. The Labute approximate surface area is 190 Å². The van der Waals surface area contributed by atoms with E-state index in [0.717, 1.165) is 18.2 Å². The van der Waals surface area contributed by atoms with Gasteiger partial charge < -0.3 is 0 Å². The summed E-state index contributed by atoms with van der Waals surface area (Å²) in [6.07, 6.45) is 6.86. The number of nitrogens with zero attached hydrogens (tertiary/aromatic N) is 1. The molecule has 0 bridgehead atoms. The van der Waals surface area contributed by atoms with E-state index in [9.17, 15) is 19.2 Å². The Balaban J connectivity index is 0.000000207. The van der Waals surface area contributed by atoms with Crippen molar-refractivity contribution in [3.05, 3.63) is 70.8 Å². The number of amides is 4. The summed E-state index contributed by atoms with van der Waals surface area (Å²) in [5, 5.41) is 3.28. The minimum absolute atomic E-state index is 0.134. The Morgan fingerprint density at radius 3 is 1.52 bits per heavy atom. The largest absolute Gasteiger partial charge is 0.288 e. The number of unbranched alkanes of at least 4 members (excludes halogenated alkanes) is 5. The molecule has 0 fully saturated rings. The fraction of sp³-hybridized carbons (Fsp3) is 0.333. The lowest BCUT2D eigenvalue weighted by atomic mass is 10.1. The smallest absolute Gasteiger partial charge is 0.261 e. The average Bonchev–Trinajstić information content (AvgIpc) is 3.21. The van der Waals surface area contributed by atoms with Crippen LogP contribution in [-0.2, 0) is 0 Å². The Morgan fingerprint density at radius 2 is 1.03 bits per heavy atom. The van der Waals surface area contributed by atoms with Crippen LogP contribution in [0.15, 0.2) is 48.5 Å². The molecule has 0 saturated heterocycles. The third-order valence-electron chi connectivity index (χ3n) is 5.29. The number of alkyl halides is 1. The second-order valence-electron chi connectivity index (χ2n) is 7.45. The molecule has 2 aromatic carbocycles. The maximum atomic E-state index is 12.1. The van der Waals surface area contributed by atoms with E-state index in [4.69, 9.17) is 0 Å². The van der Waals surface area contributed by atoms with Gasteiger partial charge in [0.15, 0.2) is 0 Å². The van der Waals surface area contributed by atoms with Gasteiger partial charge in [-0.05, 0) is 37.1 Å². The van der Waals surface area contributed by atoms with Crippen molar-refractivity contribution in [2.45, 2.75) is 38.5 Å². The third kappa shape index (κ3) is 5.47. The van der Waals surface area contributed by atoms with Gasteiger partial charge in [0, 0.05) is 11.9 Å². The Hall–Kier alpha value is -2.80. The molecule has 6 nitrogen and oxygen atoms in total. The van der Waals surface area contributed by atoms with Crippen LogP contribution in [0.5, 0.6) is 0 Å². The van der Waals surface area contributed by atoms with Crippen LogP contribution in [0.1, 0.15) is 80.0 Å². The fourth-order valence-electron chi connectivity index (χ4n) is 3.63. The van der Waals surface area contributed by atoms with Crippen LogP contribution in [0.2, 0.25) is 0 Å². The lowest BCUT2D eigenvalue weighted by Crippen LogP contribution is -2.30. The van der Waals surface area contributed by atoms with Crippen molar-refractivity contribution in [1.29, 1.82) is 0 Å². The van der Waals surface area contributed by atoms with Gasteiger partial charge in [-0.2, -0.15) is 0 Å². The van der Waals surface area contributed by atoms with Crippen LogP contribution in [0.4, 0.5) is 0 Å². The zero-order valence-corrected chi connectivity index (χ0v) is 18.8. The number of fused-ring (bicyclic) bond motifs is 2. The van der Waals surface area contributed by atoms with Crippen LogP contribution in [0.3, 0.4) is 0 Å². The van der Waals surface area contributed by atoms with Crippen LogP contribution < -0.4 is 5.32 Å². The van der Waals surface area contributed by atoms with E-state index < -0.39 is 0 Å². The number of rotatable bonds is 8. The van der Waals surface area contributed by atoms with Gasteiger partial charge in [-0.3, -0.25) is 29.4 Å². The van der Waals surface area contributed by atoms with Crippen LogP contribution in [-0.4, -0.2) is 40.4 Å². The topological polar surface area (TPSA) is 83.5 Å². The van der Waals surface area contributed by atoms with Crippen molar-refractivity contribution >= 4 is 39.6 Å². The summed E-state index contributed by atoms with van der Waals surface area (Å²) in [5.74, 6) is -0.869. The van der Waals surface area contributed by atoms with Gasteiger partial charge in [-0.15, -0.1) is 0 Å². The van der Waals surface area contributed by atoms with E-state index in [1.54, 1.807) is 48.5 Å². The molecule has 2 heterocycles. The number of halogens is 1. The molecule has 31 heavy (non-hydrogen) atoms. The lowest BCUT2D eigenvalue weighted by Gasteiger charge is -2.13. The zero-order valence-electron chi connectivity index (χ0n) is 17.2. The van der Waals surface area contributed by atoms with Gasteiger partial charge in [0.25, 0.3) is 23.6 Å². The first-order chi connectivity index (χ1) is 15.0. The van der Waals surface area contributed by atoms with Crippen molar-refractivity contribution in [2.75, 3.05) is 11.9 Å². The van der Waals surface area contributed by atoms with Crippen LogP contribution in [0.25, 0.3) is 0 Å². The quantitative estimate of drug-likeness (QED) is 0.337. The first-order valence-electron chi connectivity index (χ1n) is 10.5.